The first-order chi connectivity index (χ1) is 5.65. The molecule has 1 aromatic rings. The molecule has 2 N–H and O–H groups in total. The molecule has 0 atom stereocenters. The van der Waals surface area contributed by atoms with Gasteiger partial charge < -0.3 is 5.32 Å². The first-order valence-electron chi connectivity index (χ1n) is 3.89. The van der Waals surface area contributed by atoms with Gasteiger partial charge in [-0.15, -0.1) is 7.05 Å². The van der Waals surface area contributed by atoms with Crippen LogP contribution in [0.4, 0.5) is 0 Å². The first-order valence-corrected chi connectivity index (χ1v) is 3.89. The van der Waals surface area contributed by atoms with Crippen molar-refractivity contribution in [2.45, 2.75) is 13.8 Å². The van der Waals surface area contributed by atoms with Gasteiger partial charge in [0.15, 0.2) is 0 Å². The molecule has 2 nitrogen and oxygen atoms in total. The molecule has 1 aromatic carbocycles. The van der Waals surface area contributed by atoms with Crippen molar-refractivity contribution >= 4 is 5.91 Å². The standard InChI is InChI=1S/C10H13NO/c1-7-4-5-8(2)9(6-7)10(12)11-3/h4-6H,3,11H2,1-2H3. The van der Waals surface area contributed by atoms with Crippen LogP contribution in [0.3, 0.4) is 0 Å². The molecule has 0 aliphatic carbocycles. The molecule has 0 aromatic heterocycles. The summed E-state index contributed by atoms with van der Waals surface area (Å²) in [5, 5.41) is 1.35. The molecule has 0 fully saturated rings. The van der Waals surface area contributed by atoms with E-state index >= 15 is 0 Å². The van der Waals surface area contributed by atoms with E-state index < -0.39 is 0 Å². The van der Waals surface area contributed by atoms with Crippen LogP contribution in [-0.4, -0.2) is 5.91 Å². The van der Waals surface area contributed by atoms with Crippen LogP contribution in [-0.2, 0) is 0 Å². The second-order valence-electron chi connectivity index (χ2n) is 2.89. The molecule has 0 unspecified atom stereocenters. The number of quaternary nitrogens is 1. The second-order valence-corrected chi connectivity index (χ2v) is 2.89. The van der Waals surface area contributed by atoms with Crippen LogP contribution < -0.4 is 5.32 Å². The van der Waals surface area contributed by atoms with E-state index in [9.17, 15) is 4.79 Å². The molecular formula is C10H13NO. The molecule has 0 saturated carbocycles. The Labute approximate surface area is 72.6 Å². The number of carbonyl (C=O) groups is 1. The van der Waals surface area contributed by atoms with E-state index in [2.05, 4.69) is 7.05 Å². The highest BCUT2D eigenvalue weighted by Crippen LogP contribution is 2.08. The van der Waals surface area contributed by atoms with Gasteiger partial charge in [0.1, 0.15) is 0 Å². The SMILES string of the molecule is [CH2-][NH2+]C(=O)c1cc(C)ccc1C. The van der Waals surface area contributed by atoms with E-state index in [4.69, 9.17) is 0 Å². The van der Waals surface area contributed by atoms with Crippen molar-refractivity contribution in [2.75, 3.05) is 0 Å². The minimum atomic E-state index is -0.00352. The zero-order chi connectivity index (χ0) is 9.14. The molecule has 1 amide bonds. The third-order valence-corrected chi connectivity index (χ3v) is 1.84. The Balaban J connectivity index is 3.13. The third-order valence-electron chi connectivity index (χ3n) is 1.84. The fraction of sp³-hybridized carbons (Fsp3) is 0.200. The van der Waals surface area contributed by atoms with Crippen molar-refractivity contribution in [3.05, 3.63) is 41.9 Å². The van der Waals surface area contributed by atoms with Crippen LogP contribution in [0.15, 0.2) is 18.2 Å². The monoisotopic (exact) mass is 163 g/mol. The van der Waals surface area contributed by atoms with E-state index in [1.807, 2.05) is 32.0 Å². The fourth-order valence-electron chi connectivity index (χ4n) is 1.11. The molecule has 1 rings (SSSR count). The molecule has 0 spiro atoms. The van der Waals surface area contributed by atoms with Crippen molar-refractivity contribution < 1.29 is 10.1 Å². The lowest BCUT2D eigenvalue weighted by Crippen LogP contribution is -2.81. The summed E-state index contributed by atoms with van der Waals surface area (Å²) in [6.45, 7) is 3.90. The summed E-state index contributed by atoms with van der Waals surface area (Å²) in [6.07, 6.45) is 0. The molecule has 2 heteroatoms. The van der Waals surface area contributed by atoms with E-state index in [-0.39, 0.29) is 5.91 Å². The number of amides is 1. The normalized spacial score (nSPS) is 9.92. The summed E-state index contributed by atoms with van der Waals surface area (Å²) in [4.78, 5) is 11.3. The summed E-state index contributed by atoms with van der Waals surface area (Å²) in [5.74, 6) is -0.00352. The minimum absolute atomic E-state index is 0.00352. The molecule has 64 valence electrons. The zero-order valence-electron chi connectivity index (χ0n) is 7.42. The van der Waals surface area contributed by atoms with E-state index in [1.165, 1.54) is 5.32 Å². The Morgan fingerprint density at radius 1 is 1.42 bits per heavy atom. The number of primary amides is 1. The van der Waals surface area contributed by atoms with Gasteiger partial charge in [0.25, 0.3) is 0 Å². The van der Waals surface area contributed by atoms with Gasteiger partial charge in [-0.1, -0.05) is 17.7 Å². The third kappa shape index (κ3) is 1.71. The van der Waals surface area contributed by atoms with Crippen molar-refractivity contribution in [2.24, 2.45) is 0 Å². The van der Waals surface area contributed by atoms with Crippen molar-refractivity contribution in [1.82, 2.24) is 0 Å². The van der Waals surface area contributed by atoms with Crippen LogP contribution >= 0.6 is 0 Å². The van der Waals surface area contributed by atoms with E-state index in [1.54, 1.807) is 0 Å². The molecule has 0 bridgehead atoms. The van der Waals surface area contributed by atoms with Gasteiger partial charge in [0.2, 0.25) is 0 Å². The van der Waals surface area contributed by atoms with Gasteiger partial charge in [-0.05, 0) is 25.5 Å². The quantitative estimate of drug-likeness (QED) is 0.610. The molecule has 12 heavy (non-hydrogen) atoms. The maximum absolute atomic E-state index is 11.3. The lowest BCUT2D eigenvalue weighted by molar-refractivity contribution is -0.489. The summed E-state index contributed by atoms with van der Waals surface area (Å²) in [5.41, 5.74) is 2.86. The Kier molecular flexibility index (Phi) is 2.61. The number of benzene rings is 1. The molecule has 0 heterocycles. The fourth-order valence-corrected chi connectivity index (χ4v) is 1.11. The maximum atomic E-state index is 11.3. The smallest absolute Gasteiger partial charge is 0.316 e. The molecular weight excluding hydrogens is 150 g/mol. The highest BCUT2D eigenvalue weighted by Gasteiger charge is 2.07. The largest absolute Gasteiger partial charge is 0.411 e. The van der Waals surface area contributed by atoms with Gasteiger partial charge in [0.05, 0.1) is 5.56 Å². The maximum Gasteiger partial charge on any atom is 0.316 e. The van der Waals surface area contributed by atoms with Crippen LogP contribution in [0.2, 0.25) is 0 Å². The van der Waals surface area contributed by atoms with Crippen molar-refractivity contribution in [1.29, 1.82) is 0 Å². The van der Waals surface area contributed by atoms with Crippen molar-refractivity contribution in [3.63, 3.8) is 0 Å². The number of hydrogen-bond donors (Lipinski definition) is 1. The second kappa shape index (κ2) is 3.50. The van der Waals surface area contributed by atoms with E-state index in [0.717, 1.165) is 16.7 Å². The van der Waals surface area contributed by atoms with Gasteiger partial charge in [-0.2, -0.15) is 0 Å². The Morgan fingerprint density at radius 3 is 2.67 bits per heavy atom. The first kappa shape index (κ1) is 8.94. The zero-order valence-corrected chi connectivity index (χ0v) is 7.42. The van der Waals surface area contributed by atoms with Gasteiger partial charge in [-0.25, -0.2) is 4.79 Å². The highest BCUT2D eigenvalue weighted by atomic mass is 16.1. The van der Waals surface area contributed by atoms with Gasteiger partial charge >= 0.3 is 5.91 Å². The number of hydrogen-bond acceptors (Lipinski definition) is 1. The average Bonchev–Trinajstić information content (AvgIpc) is 2.08. The van der Waals surface area contributed by atoms with E-state index in [0.29, 0.717) is 0 Å². The van der Waals surface area contributed by atoms with Crippen LogP contribution in [0, 0.1) is 20.9 Å². The molecule has 0 aliphatic rings. The Hall–Kier alpha value is -1.15. The summed E-state index contributed by atoms with van der Waals surface area (Å²) >= 11 is 0. The van der Waals surface area contributed by atoms with Gasteiger partial charge in [0, 0.05) is 0 Å². The summed E-state index contributed by atoms with van der Waals surface area (Å²) in [6, 6.07) is 5.83. The minimum Gasteiger partial charge on any atom is -0.411 e. The predicted octanol–water partition coefficient (Wildman–Crippen LogP) is 0.799. The van der Waals surface area contributed by atoms with Gasteiger partial charge in [-0.3, -0.25) is 0 Å². The lowest BCUT2D eigenvalue weighted by atomic mass is 10.1. The van der Waals surface area contributed by atoms with Crippen LogP contribution in [0.5, 0.6) is 0 Å². The number of nitrogens with two attached hydrogens (primary N) is 1. The summed E-state index contributed by atoms with van der Waals surface area (Å²) < 4.78 is 0. The predicted molar refractivity (Wildman–Crippen MR) is 47.5 cm³/mol. The van der Waals surface area contributed by atoms with Crippen LogP contribution in [0.25, 0.3) is 0 Å². The number of rotatable bonds is 1. The topological polar surface area (TPSA) is 33.7 Å². The van der Waals surface area contributed by atoms with Crippen molar-refractivity contribution in [3.8, 4) is 0 Å². The Morgan fingerprint density at radius 2 is 2.08 bits per heavy atom. The molecule has 0 aliphatic heterocycles. The van der Waals surface area contributed by atoms with Crippen LogP contribution in [0.1, 0.15) is 21.5 Å². The lowest BCUT2D eigenvalue weighted by Gasteiger charge is -2.03. The molecule has 0 radical (unpaired) electrons. The highest BCUT2D eigenvalue weighted by molar-refractivity contribution is 5.88. The average molecular weight is 163 g/mol. The summed E-state index contributed by atoms with van der Waals surface area (Å²) in [7, 11) is 3.46. The number of carbonyl (C=O) groups excluding carboxylic acids is 1. The molecule has 0 saturated heterocycles. The number of aryl methyl sites for hydroxylation is 2. The Bertz CT molecular complexity index is 305.